The second-order valence-corrected chi connectivity index (χ2v) is 7.32. The molecule has 0 amide bonds. The van der Waals surface area contributed by atoms with Gasteiger partial charge in [0.25, 0.3) is 0 Å². The van der Waals surface area contributed by atoms with Gasteiger partial charge in [-0.2, -0.15) is 0 Å². The molecule has 3 nitrogen and oxygen atoms in total. The van der Waals surface area contributed by atoms with Gasteiger partial charge in [0.1, 0.15) is 4.83 Å². The summed E-state index contributed by atoms with van der Waals surface area (Å²) in [7, 11) is 1.38. The summed E-state index contributed by atoms with van der Waals surface area (Å²) in [5.41, 5.74) is 0. The van der Waals surface area contributed by atoms with E-state index in [-0.39, 0.29) is 10.8 Å². The number of aliphatic hydroxyl groups excluding tert-OH is 1. The van der Waals surface area contributed by atoms with E-state index in [0.29, 0.717) is 25.7 Å². The fourth-order valence-electron chi connectivity index (χ4n) is 1.70. The van der Waals surface area contributed by atoms with Crippen molar-refractivity contribution in [3.8, 4) is 11.8 Å². The number of unbranched alkanes of at least 4 members (excludes halogenated alkanes) is 3. The molecule has 0 aromatic carbocycles. The maximum absolute atomic E-state index is 10.9. The summed E-state index contributed by atoms with van der Waals surface area (Å²) in [5, 5.41) is 10.0. The van der Waals surface area contributed by atoms with E-state index in [0.717, 1.165) is 23.7 Å². The lowest BCUT2D eigenvalue weighted by Crippen LogP contribution is -2.18. The normalized spacial score (nSPS) is 14.2. The molecule has 23 heavy (non-hydrogen) atoms. The minimum Gasteiger partial charge on any atom is -0.469 e. The second-order valence-electron chi connectivity index (χ2n) is 4.89. The standard InChI is InChI=1S/C17H23Br3O3/c1-23-17(22)11-7-3-5-9-15(20)16(21)10-6-2-4-8-14(19)12-13-18/h8,12-13,15-16,21H,2-4,6-7,10-11H2,1H3/b13-12-,14-8-/t15-,16+/m0/s1. The Morgan fingerprint density at radius 1 is 1.35 bits per heavy atom. The van der Waals surface area contributed by atoms with Gasteiger partial charge in [0.2, 0.25) is 0 Å². The van der Waals surface area contributed by atoms with Crippen LogP contribution in [0.2, 0.25) is 0 Å². The van der Waals surface area contributed by atoms with Crippen molar-refractivity contribution >= 4 is 53.8 Å². The second kappa shape index (κ2) is 15.4. The minimum absolute atomic E-state index is 0.213. The number of carbonyl (C=O) groups excluding carboxylic acids is 1. The fraction of sp³-hybridized carbons (Fsp3) is 0.588. The van der Waals surface area contributed by atoms with Crippen molar-refractivity contribution in [3.63, 3.8) is 0 Å². The van der Waals surface area contributed by atoms with E-state index in [4.69, 9.17) is 0 Å². The summed E-state index contributed by atoms with van der Waals surface area (Å²) in [4.78, 5) is 12.5. The third kappa shape index (κ3) is 14.0. The number of hydrogen-bond donors (Lipinski definition) is 1. The number of methoxy groups -OCH3 is 1. The molecule has 0 aliphatic carbocycles. The molecule has 0 aromatic heterocycles. The fourth-order valence-corrected chi connectivity index (χ4v) is 3.13. The molecule has 0 saturated carbocycles. The lowest BCUT2D eigenvalue weighted by Gasteiger charge is -2.11. The van der Waals surface area contributed by atoms with Crippen LogP contribution in [-0.4, -0.2) is 29.1 Å². The quantitative estimate of drug-likeness (QED) is 0.143. The topological polar surface area (TPSA) is 46.5 Å². The van der Waals surface area contributed by atoms with Gasteiger partial charge in [0.15, 0.2) is 0 Å². The highest BCUT2D eigenvalue weighted by molar-refractivity contribution is 9.12. The first-order chi connectivity index (χ1) is 11.0. The number of hydrogen-bond acceptors (Lipinski definition) is 3. The first kappa shape index (κ1) is 22.9. The average molecular weight is 515 g/mol. The number of alkyl halides is 1. The summed E-state index contributed by atoms with van der Waals surface area (Å²) >= 11 is 10.1. The Kier molecular flexibility index (Phi) is 15.4. The molecule has 0 unspecified atom stereocenters. The van der Waals surface area contributed by atoms with Crippen LogP contribution in [0, 0.1) is 11.8 Å². The highest BCUT2D eigenvalue weighted by Gasteiger charge is 2.12. The van der Waals surface area contributed by atoms with E-state index >= 15 is 0 Å². The van der Waals surface area contributed by atoms with Crippen LogP contribution < -0.4 is 0 Å². The van der Waals surface area contributed by atoms with Crippen molar-refractivity contribution in [2.45, 2.75) is 55.9 Å². The van der Waals surface area contributed by atoms with Crippen LogP contribution in [0.5, 0.6) is 0 Å². The number of carbonyl (C=O) groups is 1. The summed E-state index contributed by atoms with van der Waals surface area (Å²) < 4.78 is 5.61. The lowest BCUT2D eigenvalue weighted by atomic mass is 10.1. The summed E-state index contributed by atoms with van der Waals surface area (Å²) in [6, 6.07) is 0. The van der Waals surface area contributed by atoms with Gasteiger partial charge in [-0.3, -0.25) is 4.79 Å². The SMILES string of the molecule is COC(=O)CCCC#C[C@H](Br)[C@H](O)CCCC/C=C(Br)/C=C\Br. The van der Waals surface area contributed by atoms with Gasteiger partial charge in [-0.05, 0) is 36.7 Å². The number of allylic oxidation sites excluding steroid dienone is 3. The average Bonchev–Trinajstić information content (AvgIpc) is 2.53. The van der Waals surface area contributed by atoms with Crippen LogP contribution in [0.25, 0.3) is 0 Å². The van der Waals surface area contributed by atoms with Gasteiger partial charge in [0, 0.05) is 17.3 Å². The first-order valence-electron chi connectivity index (χ1n) is 7.51. The Morgan fingerprint density at radius 2 is 2.09 bits per heavy atom. The van der Waals surface area contributed by atoms with Crippen LogP contribution in [-0.2, 0) is 9.53 Å². The van der Waals surface area contributed by atoms with Crippen LogP contribution in [0.1, 0.15) is 44.9 Å². The Balaban J connectivity index is 3.84. The molecule has 6 heteroatoms. The molecule has 0 radical (unpaired) electrons. The van der Waals surface area contributed by atoms with Gasteiger partial charge >= 0.3 is 5.97 Å². The summed E-state index contributed by atoms with van der Waals surface area (Å²) in [6.07, 6.45) is 8.91. The molecule has 0 aromatic rings. The maximum Gasteiger partial charge on any atom is 0.305 e. The monoisotopic (exact) mass is 512 g/mol. The van der Waals surface area contributed by atoms with Gasteiger partial charge in [-0.1, -0.05) is 66.2 Å². The highest BCUT2D eigenvalue weighted by Crippen LogP contribution is 2.15. The third-order valence-corrected chi connectivity index (χ3v) is 4.70. The number of aliphatic hydroxyl groups is 1. The Bertz CT molecular complexity index is 450. The van der Waals surface area contributed by atoms with E-state index in [1.165, 1.54) is 7.11 Å². The zero-order chi connectivity index (χ0) is 17.5. The molecule has 0 saturated heterocycles. The van der Waals surface area contributed by atoms with Gasteiger partial charge in [0.05, 0.1) is 13.2 Å². The molecule has 0 fully saturated rings. The van der Waals surface area contributed by atoms with E-state index < -0.39 is 6.10 Å². The van der Waals surface area contributed by atoms with Crippen molar-refractivity contribution in [2.75, 3.05) is 7.11 Å². The van der Waals surface area contributed by atoms with Crippen LogP contribution in [0.4, 0.5) is 0 Å². The van der Waals surface area contributed by atoms with Crippen molar-refractivity contribution in [1.29, 1.82) is 0 Å². The number of rotatable bonds is 10. The molecular formula is C17H23Br3O3. The Hall–Kier alpha value is -0.0900. The Morgan fingerprint density at radius 3 is 2.74 bits per heavy atom. The molecule has 0 aliphatic heterocycles. The van der Waals surface area contributed by atoms with Crippen molar-refractivity contribution in [3.05, 3.63) is 21.6 Å². The first-order valence-corrected chi connectivity index (χ1v) is 10.1. The molecular weight excluding hydrogens is 492 g/mol. The van der Waals surface area contributed by atoms with E-state index in [2.05, 4.69) is 70.4 Å². The number of ether oxygens (including phenoxy) is 1. The minimum atomic E-state index is -0.474. The van der Waals surface area contributed by atoms with Crippen LogP contribution >= 0.6 is 47.8 Å². The van der Waals surface area contributed by atoms with Gasteiger partial charge in [-0.15, -0.1) is 5.92 Å². The third-order valence-electron chi connectivity index (χ3n) is 3.00. The molecule has 130 valence electrons. The van der Waals surface area contributed by atoms with Crippen molar-refractivity contribution in [1.82, 2.24) is 0 Å². The molecule has 0 heterocycles. The highest BCUT2D eigenvalue weighted by atomic mass is 79.9. The molecule has 1 N–H and O–H groups in total. The predicted molar refractivity (Wildman–Crippen MR) is 106 cm³/mol. The van der Waals surface area contributed by atoms with Gasteiger partial charge < -0.3 is 9.84 Å². The smallest absolute Gasteiger partial charge is 0.305 e. The molecule has 0 spiro atoms. The summed E-state index contributed by atoms with van der Waals surface area (Å²) in [6.45, 7) is 0. The lowest BCUT2D eigenvalue weighted by molar-refractivity contribution is -0.140. The largest absolute Gasteiger partial charge is 0.469 e. The molecule has 2 atom stereocenters. The van der Waals surface area contributed by atoms with E-state index in [9.17, 15) is 9.90 Å². The van der Waals surface area contributed by atoms with Gasteiger partial charge in [-0.25, -0.2) is 0 Å². The van der Waals surface area contributed by atoms with Crippen molar-refractivity contribution in [2.24, 2.45) is 0 Å². The van der Waals surface area contributed by atoms with Crippen LogP contribution in [0.3, 0.4) is 0 Å². The summed E-state index contributed by atoms with van der Waals surface area (Å²) in [5.74, 6) is 5.75. The maximum atomic E-state index is 10.9. The van der Waals surface area contributed by atoms with E-state index in [1.54, 1.807) is 4.99 Å². The Labute approximate surface area is 164 Å². The number of esters is 1. The molecule has 0 aliphatic rings. The molecule has 0 rings (SSSR count). The van der Waals surface area contributed by atoms with E-state index in [1.807, 2.05) is 6.08 Å². The molecule has 0 bridgehead atoms. The predicted octanol–water partition coefficient (Wildman–Crippen LogP) is 5.21. The van der Waals surface area contributed by atoms with Crippen LogP contribution in [0.15, 0.2) is 21.6 Å². The zero-order valence-corrected chi connectivity index (χ0v) is 18.0. The number of halogens is 3. The van der Waals surface area contributed by atoms with Crippen molar-refractivity contribution < 1.29 is 14.6 Å². The zero-order valence-electron chi connectivity index (χ0n) is 13.2.